The molecule has 130 valence electrons. The van der Waals surface area contributed by atoms with Crippen molar-refractivity contribution in [3.8, 4) is 0 Å². The molecule has 3 nitrogen and oxygen atoms in total. The zero-order chi connectivity index (χ0) is 16.4. The van der Waals surface area contributed by atoms with Gasteiger partial charge in [0.15, 0.2) is 0 Å². The standard InChI is InChI=1S/C21H30N2O/c24-21(13-20-12-18-7-8-19(20)11-18)22-14-16-3-5-17(6-4-16)15-23-9-1-2-10-23/h3-6,18-20H,1-2,7-15H2,(H,22,24)/p+1/t18-,19+,20-/m0/s1. The molecule has 2 N–H and O–H groups in total. The van der Waals surface area contributed by atoms with Crippen LogP contribution in [-0.2, 0) is 17.9 Å². The summed E-state index contributed by atoms with van der Waals surface area (Å²) in [5.41, 5.74) is 2.64. The lowest BCUT2D eigenvalue weighted by molar-refractivity contribution is -0.901. The Morgan fingerprint density at radius 1 is 1.04 bits per heavy atom. The van der Waals surface area contributed by atoms with E-state index in [-0.39, 0.29) is 5.91 Å². The molecule has 1 saturated heterocycles. The van der Waals surface area contributed by atoms with Crippen LogP contribution < -0.4 is 10.2 Å². The minimum Gasteiger partial charge on any atom is -0.352 e. The number of hydrogen-bond donors (Lipinski definition) is 2. The normalized spacial score (nSPS) is 29.2. The van der Waals surface area contributed by atoms with Crippen molar-refractivity contribution < 1.29 is 9.69 Å². The van der Waals surface area contributed by atoms with Gasteiger partial charge in [-0.25, -0.2) is 0 Å². The predicted octanol–water partition coefficient (Wildman–Crippen LogP) is 2.31. The average molecular weight is 327 g/mol. The van der Waals surface area contributed by atoms with Gasteiger partial charge in [-0.3, -0.25) is 4.79 Å². The Bertz CT molecular complexity index is 562. The molecule has 0 spiro atoms. The van der Waals surface area contributed by atoms with Crippen molar-refractivity contribution in [3.63, 3.8) is 0 Å². The van der Waals surface area contributed by atoms with Gasteiger partial charge in [-0.05, 0) is 42.6 Å². The molecule has 1 aromatic rings. The van der Waals surface area contributed by atoms with E-state index < -0.39 is 0 Å². The molecule has 1 amide bonds. The summed E-state index contributed by atoms with van der Waals surface area (Å²) in [5, 5.41) is 3.13. The van der Waals surface area contributed by atoms with Crippen LogP contribution in [0.5, 0.6) is 0 Å². The Morgan fingerprint density at radius 3 is 2.46 bits per heavy atom. The first-order valence-electron chi connectivity index (χ1n) is 9.94. The molecule has 1 aromatic carbocycles. The molecule has 3 fully saturated rings. The quantitative estimate of drug-likeness (QED) is 0.826. The van der Waals surface area contributed by atoms with Crippen LogP contribution in [0.4, 0.5) is 0 Å². The number of carbonyl (C=O) groups is 1. The second-order valence-electron chi connectivity index (χ2n) is 8.37. The molecule has 0 aromatic heterocycles. The van der Waals surface area contributed by atoms with E-state index >= 15 is 0 Å². The van der Waals surface area contributed by atoms with E-state index in [9.17, 15) is 4.79 Å². The molecule has 3 aliphatic rings. The van der Waals surface area contributed by atoms with E-state index in [0.29, 0.717) is 12.5 Å². The summed E-state index contributed by atoms with van der Waals surface area (Å²) in [6.45, 7) is 4.47. The molecule has 3 heteroatoms. The summed E-state index contributed by atoms with van der Waals surface area (Å²) in [6, 6.07) is 8.84. The monoisotopic (exact) mass is 327 g/mol. The van der Waals surface area contributed by atoms with Crippen molar-refractivity contribution in [2.24, 2.45) is 17.8 Å². The minimum absolute atomic E-state index is 0.248. The van der Waals surface area contributed by atoms with Gasteiger partial charge in [0, 0.05) is 31.4 Å². The van der Waals surface area contributed by atoms with E-state index in [4.69, 9.17) is 0 Å². The highest BCUT2D eigenvalue weighted by atomic mass is 16.1. The smallest absolute Gasteiger partial charge is 0.220 e. The first kappa shape index (κ1) is 16.1. The fourth-order valence-electron chi connectivity index (χ4n) is 5.25. The molecule has 0 radical (unpaired) electrons. The summed E-state index contributed by atoms with van der Waals surface area (Å²) < 4.78 is 0. The first-order chi connectivity index (χ1) is 11.8. The van der Waals surface area contributed by atoms with Crippen LogP contribution in [0.15, 0.2) is 24.3 Å². The number of rotatable bonds is 6. The number of likely N-dealkylation sites (tertiary alicyclic amines) is 1. The first-order valence-corrected chi connectivity index (χ1v) is 9.94. The molecule has 3 atom stereocenters. The number of hydrogen-bond acceptors (Lipinski definition) is 1. The fourth-order valence-corrected chi connectivity index (χ4v) is 5.25. The van der Waals surface area contributed by atoms with Crippen molar-refractivity contribution >= 4 is 5.91 Å². The van der Waals surface area contributed by atoms with Crippen LogP contribution in [-0.4, -0.2) is 19.0 Å². The van der Waals surface area contributed by atoms with Crippen LogP contribution in [0.3, 0.4) is 0 Å². The van der Waals surface area contributed by atoms with Crippen molar-refractivity contribution in [1.82, 2.24) is 5.32 Å². The van der Waals surface area contributed by atoms with Crippen LogP contribution in [0.25, 0.3) is 0 Å². The number of quaternary nitrogens is 1. The molecule has 2 saturated carbocycles. The third-order valence-electron chi connectivity index (χ3n) is 6.61. The molecule has 0 unspecified atom stereocenters. The Hall–Kier alpha value is -1.35. The van der Waals surface area contributed by atoms with Crippen LogP contribution >= 0.6 is 0 Å². The Labute approximate surface area is 145 Å². The SMILES string of the molecule is O=C(C[C@@H]1C[C@H]2CC[C@@H]1C2)NCc1ccc(C[NH+]2CCCC2)cc1. The second kappa shape index (κ2) is 7.26. The van der Waals surface area contributed by atoms with Gasteiger partial charge in [0.25, 0.3) is 0 Å². The lowest BCUT2D eigenvalue weighted by Gasteiger charge is -2.20. The van der Waals surface area contributed by atoms with Gasteiger partial charge in [0.05, 0.1) is 13.1 Å². The number of nitrogens with one attached hydrogen (secondary N) is 2. The van der Waals surface area contributed by atoms with Gasteiger partial charge >= 0.3 is 0 Å². The molecule has 4 rings (SSSR count). The molecular weight excluding hydrogens is 296 g/mol. The molecule has 1 aliphatic heterocycles. The van der Waals surface area contributed by atoms with Crippen molar-refractivity contribution in [3.05, 3.63) is 35.4 Å². The Morgan fingerprint density at radius 2 is 1.79 bits per heavy atom. The van der Waals surface area contributed by atoms with Gasteiger partial charge in [0.1, 0.15) is 6.54 Å². The third kappa shape index (κ3) is 3.83. The van der Waals surface area contributed by atoms with E-state index in [1.165, 1.54) is 62.7 Å². The summed E-state index contributed by atoms with van der Waals surface area (Å²) in [6.07, 6.45) is 8.96. The predicted molar refractivity (Wildman–Crippen MR) is 95.5 cm³/mol. The van der Waals surface area contributed by atoms with Crippen LogP contribution in [0.1, 0.15) is 56.1 Å². The molecule has 1 heterocycles. The minimum atomic E-state index is 0.248. The highest BCUT2D eigenvalue weighted by molar-refractivity contribution is 5.76. The number of fused-ring (bicyclic) bond motifs is 2. The van der Waals surface area contributed by atoms with Gasteiger partial charge < -0.3 is 10.2 Å². The third-order valence-corrected chi connectivity index (χ3v) is 6.61. The lowest BCUT2D eigenvalue weighted by Crippen LogP contribution is -3.08. The largest absolute Gasteiger partial charge is 0.352 e. The molecule has 24 heavy (non-hydrogen) atoms. The lowest BCUT2D eigenvalue weighted by atomic mass is 9.86. The maximum absolute atomic E-state index is 12.2. The maximum Gasteiger partial charge on any atom is 0.220 e. The molecule has 2 bridgehead atoms. The summed E-state index contributed by atoms with van der Waals surface area (Å²) in [7, 11) is 0. The van der Waals surface area contributed by atoms with E-state index in [1.54, 1.807) is 4.90 Å². The second-order valence-corrected chi connectivity index (χ2v) is 8.37. The zero-order valence-corrected chi connectivity index (χ0v) is 14.7. The Balaban J connectivity index is 1.21. The van der Waals surface area contributed by atoms with E-state index in [1.807, 2.05) is 0 Å². The summed E-state index contributed by atoms with van der Waals surface area (Å²) >= 11 is 0. The van der Waals surface area contributed by atoms with Crippen molar-refractivity contribution in [2.75, 3.05) is 13.1 Å². The van der Waals surface area contributed by atoms with Gasteiger partial charge in [-0.2, -0.15) is 0 Å². The number of carbonyl (C=O) groups excluding carboxylic acids is 1. The van der Waals surface area contributed by atoms with Gasteiger partial charge in [0.2, 0.25) is 5.91 Å². The van der Waals surface area contributed by atoms with Crippen molar-refractivity contribution in [1.29, 1.82) is 0 Å². The number of benzene rings is 1. The summed E-state index contributed by atoms with van der Waals surface area (Å²) in [4.78, 5) is 13.9. The zero-order valence-electron chi connectivity index (χ0n) is 14.7. The highest BCUT2D eigenvalue weighted by Crippen LogP contribution is 2.49. The van der Waals surface area contributed by atoms with Gasteiger partial charge in [-0.15, -0.1) is 0 Å². The highest BCUT2D eigenvalue weighted by Gasteiger charge is 2.39. The fraction of sp³-hybridized carbons (Fsp3) is 0.667. The average Bonchev–Trinajstić information content (AvgIpc) is 3.32. The molecular formula is C21H31N2O+. The van der Waals surface area contributed by atoms with Crippen molar-refractivity contribution in [2.45, 2.75) is 58.0 Å². The van der Waals surface area contributed by atoms with Crippen LogP contribution in [0, 0.1) is 17.8 Å². The maximum atomic E-state index is 12.2. The molecule has 2 aliphatic carbocycles. The van der Waals surface area contributed by atoms with E-state index in [2.05, 4.69) is 29.6 Å². The summed E-state index contributed by atoms with van der Waals surface area (Å²) in [5.74, 6) is 2.68. The Kier molecular flexibility index (Phi) is 4.88. The van der Waals surface area contributed by atoms with Crippen LogP contribution in [0.2, 0.25) is 0 Å². The topological polar surface area (TPSA) is 33.5 Å². The van der Waals surface area contributed by atoms with Gasteiger partial charge in [-0.1, -0.05) is 30.7 Å². The van der Waals surface area contributed by atoms with E-state index in [0.717, 1.165) is 24.8 Å². The number of amides is 1.